The summed E-state index contributed by atoms with van der Waals surface area (Å²) in [5.41, 5.74) is -0.339. The Morgan fingerprint density at radius 1 is 1.56 bits per heavy atom. The van der Waals surface area contributed by atoms with Gasteiger partial charge in [-0.05, 0) is 13.0 Å². The van der Waals surface area contributed by atoms with E-state index in [1.54, 1.807) is 6.92 Å². The number of non-ortho nitro benzene ring substituents is 1. The Hall–Kier alpha value is -2.51. The largest absolute Gasteiger partial charge is 0.481 e. The van der Waals surface area contributed by atoms with Crippen LogP contribution in [0.1, 0.15) is 11.7 Å². The fraction of sp³-hybridized carbons (Fsp3) is 0.200. The van der Waals surface area contributed by atoms with E-state index in [-0.39, 0.29) is 23.9 Å². The Morgan fingerprint density at radius 2 is 2.33 bits per heavy atom. The van der Waals surface area contributed by atoms with Crippen LogP contribution in [-0.2, 0) is 6.61 Å². The van der Waals surface area contributed by atoms with Gasteiger partial charge in [0.05, 0.1) is 11.0 Å². The van der Waals surface area contributed by atoms with Crippen LogP contribution in [0, 0.1) is 22.9 Å². The number of nitro benzene ring substituents is 1. The van der Waals surface area contributed by atoms with Crippen LogP contribution in [0.4, 0.5) is 10.1 Å². The Morgan fingerprint density at radius 3 is 2.89 bits per heavy atom. The number of rotatable bonds is 4. The summed E-state index contributed by atoms with van der Waals surface area (Å²) in [5.74, 6) is -0.292. The smallest absolute Gasteiger partial charge is 0.272 e. The predicted octanol–water partition coefficient (Wildman–Crippen LogP) is 2.00. The second-order valence-corrected chi connectivity index (χ2v) is 3.40. The van der Waals surface area contributed by atoms with Gasteiger partial charge in [0.25, 0.3) is 11.6 Å². The van der Waals surface area contributed by atoms with E-state index in [0.717, 1.165) is 12.1 Å². The molecule has 0 unspecified atom stereocenters. The maximum absolute atomic E-state index is 13.4. The Labute approximate surface area is 100 Å². The quantitative estimate of drug-likeness (QED) is 0.611. The highest BCUT2D eigenvalue weighted by Crippen LogP contribution is 2.23. The van der Waals surface area contributed by atoms with Crippen molar-refractivity contribution in [3.05, 3.63) is 45.8 Å². The number of halogens is 1. The van der Waals surface area contributed by atoms with Crippen molar-refractivity contribution in [2.24, 2.45) is 0 Å². The highest BCUT2D eigenvalue weighted by Gasteiger charge is 2.12. The lowest BCUT2D eigenvalue weighted by atomic mass is 10.3. The molecule has 1 heterocycles. The monoisotopic (exact) mass is 253 g/mol. The van der Waals surface area contributed by atoms with Crippen LogP contribution in [-0.4, -0.2) is 15.1 Å². The second-order valence-electron chi connectivity index (χ2n) is 3.40. The molecular weight excluding hydrogens is 245 g/mol. The number of aryl methyl sites for hydroxylation is 1. The van der Waals surface area contributed by atoms with Gasteiger partial charge in [0, 0.05) is 6.07 Å². The highest BCUT2D eigenvalue weighted by molar-refractivity contribution is 5.37. The molecule has 0 N–H and O–H groups in total. The van der Waals surface area contributed by atoms with Crippen LogP contribution in [0.25, 0.3) is 0 Å². The average molecular weight is 253 g/mol. The van der Waals surface area contributed by atoms with Gasteiger partial charge in [0.15, 0.2) is 24.0 Å². The lowest BCUT2D eigenvalue weighted by molar-refractivity contribution is -0.385. The predicted molar refractivity (Wildman–Crippen MR) is 56.4 cm³/mol. The molecule has 0 radical (unpaired) electrons. The van der Waals surface area contributed by atoms with Gasteiger partial charge in [-0.1, -0.05) is 5.16 Å². The first-order valence-electron chi connectivity index (χ1n) is 4.92. The van der Waals surface area contributed by atoms with E-state index in [1.165, 1.54) is 6.07 Å². The van der Waals surface area contributed by atoms with Gasteiger partial charge >= 0.3 is 0 Å². The number of ether oxygens (including phenoxy) is 1. The minimum atomic E-state index is -0.819. The number of benzene rings is 1. The molecule has 18 heavy (non-hydrogen) atoms. The minimum absolute atomic E-state index is 0.102. The molecule has 0 aliphatic rings. The van der Waals surface area contributed by atoms with Gasteiger partial charge in [-0.2, -0.15) is 4.98 Å². The first kappa shape index (κ1) is 12.0. The highest BCUT2D eigenvalue weighted by atomic mass is 19.1. The maximum Gasteiger partial charge on any atom is 0.272 e. The molecule has 1 aromatic carbocycles. The van der Waals surface area contributed by atoms with E-state index in [1.807, 2.05) is 0 Å². The molecule has 0 atom stereocenters. The van der Waals surface area contributed by atoms with Crippen molar-refractivity contribution in [3.63, 3.8) is 0 Å². The third kappa shape index (κ3) is 2.59. The second kappa shape index (κ2) is 4.78. The molecule has 1 aromatic heterocycles. The van der Waals surface area contributed by atoms with Gasteiger partial charge in [-0.25, -0.2) is 4.39 Å². The van der Waals surface area contributed by atoms with Crippen LogP contribution in [0.5, 0.6) is 5.75 Å². The average Bonchev–Trinajstić information content (AvgIpc) is 2.73. The lowest BCUT2D eigenvalue weighted by Crippen LogP contribution is -1.98. The number of hydrogen-bond donors (Lipinski definition) is 0. The fourth-order valence-corrected chi connectivity index (χ4v) is 1.26. The number of hydrogen-bond acceptors (Lipinski definition) is 6. The first-order chi connectivity index (χ1) is 8.56. The van der Waals surface area contributed by atoms with E-state index in [0.29, 0.717) is 5.82 Å². The van der Waals surface area contributed by atoms with Gasteiger partial charge in [0.1, 0.15) is 0 Å². The normalized spacial score (nSPS) is 10.3. The van der Waals surface area contributed by atoms with Crippen LogP contribution in [0.15, 0.2) is 22.7 Å². The summed E-state index contributed by atoms with van der Waals surface area (Å²) in [7, 11) is 0. The van der Waals surface area contributed by atoms with Gasteiger partial charge in [-0.3, -0.25) is 10.1 Å². The van der Waals surface area contributed by atoms with Crippen LogP contribution < -0.4 is 4.74 Å². The summed E-state index contributed by atoms with van der Waals surface area (Å²) in [6.07, 6.45) is 0. The van der Waals surface area contributed by atoms with E-state index in [2.05, 4.69) is 10.1 Å². The zero-order valence-corrected chi connectivity index (χ0v) is 9.29. The van der Waals surface area contributed by atoms with Crippen molar-refractivity contribution < 1.29 is 18.6 Å². The third-order valence-corrected chi connectivity index (χ3v) is 2.05. The maximum atomic E-state index is 13.4. The van der Waals surface area contributed by atoms with E-state index in [9.17, 15) is 14.5 Å². The van der Waals surface area contributed by atoms with Crippen molar-refractivity contribution in [1.82, 2.24) is 10.1 Å². The van der Waals surface area contributed by atoms with Crippen molar-refractivity contribution in [3.8, 4) is 5.75 Å². The molecule has 0 amide bonds. The Bertz CT molecular complexity index is 584. The molecule has 0 fully saturated rings. The fourth-order valence-electron chi connectivity index (χ4n) is 1.26. The van der Waals surface area contributed by atoms with E-state index < -0.39 is 10.7 Å². The first-order valence-corrected chi connectivity index (χ1v) is 4.92. The molecule has 0 bridgehead atoms. The minimum Gasteiger partial charge on any atom is -0.481 e. The van der Waals surface area contributed by atoms with Crippen molar-refractivity contribution >= 4 is 5.69 Å². The molecule has 2 aromatic rings. The summed E-state index contributed by atoms with van der Waals surface area (Å²) in [4.78, 5) is 13.6. The summed E-state index contributed by atoms with van der Waals surface area (Å²) in [6.45, 7) is 1.54. The molecule has 0 aliphatic heterocycles. The lowest BCUT2D eigenvalue weighted by Gasteiger charge is -2.03. The molecule has 94 valence electrons. The van der Waals surface area contributed by atoms with E-state index >= 15 is 0 Å². The number of nitro groups is 1. The van der Waals surface area contributed by atoms with Gasteiger partial charge in [0.2, 0.25) is 0 Å². The molecule has 0 spiro atoms. The summed E-state index contributed by atoms with van der Waals surface area (Å²) < 4.78 is 23.3. The molecule has 0 saturated carbocycles. The molecule has 8 heteroatoms. The zero-order chi connectivity index (χ0) is 13.1. The topological polar surface area (TPSA) is 91.3 Å². The van der Waals surface area contributed by atoms with E-state index in [4.69, 9.17) is 9.26 Å². The number of aromatic nitrogens is 2. The van der Waals surface area contributed by atoms with Gasteiger partial charge < -0.3 is 9.26 Å². The standard InChI is InChI=1S/C10H8FN3O4/c1-6-12-10(18-13-6)5-17-9-3-2-7(14(15)16)4-8(9)11/h2-4H,5H2,1H3. The molecule has 2 rings (SSSR count). The third-order valence-electron chi connectivity index (χ3n) is 2.05. The molecule has 0 saturated heterocycles. The SMILES string of the molecule is Cc1noc(COc2ccc([N+](=O)[O-])cc2F)n1. The van der Waals surface area contributed by atoms with Crippen LogP contribution >= 0.6 is 0 Å². The zero-order valence-electron chi connectivity index (χ0n) is 9.29. The summed E-state index contributed by atoms with van der Waals surface area (Å²) in [6, 6.07) is 3.11. The molecule has 7 nitrogen and oxygen atoms in total. The Kier molecular flexibility index (Phi) is 3.18. The van der Waals surface area contributed by atoms with Crippen LogP contribution in [0.2, 0.25) is 0 Å². The molecule has 0 aliphatic carbocycles. The summed E-state index contributed by atoms with van der Waals surface area (Å²) in [5, 5.41) is 14.0. The van der Waals surface area contributed by atoms with Gasteiger partial charge in [-0.15, -0.1) is 0 Å². The van der Waals surface area contributed by atoms with Crippen molar-refractivity contribution in [2.75, 3.05) is 0 Å². The summed E-state index contributed by atoms with van der Waals surface area (Å²) >= 11 is 0. The number of nitrogens with zero attached hydrogens (tertiary/aromatic N) is 3. The van der Waals surface area contributed by atoms with Crippen LogP contribution in [0.3, 0.4) is 0 Å². The van der Waals surface area contributed by atoms with Crippen molar-refractivity contribution in [1.29, 1.82) is 0 Å². The van der Waals surface area contributed by atoms with Crippen molar-refractivity contribution in [2.45, 2.75) is 13.5 Å². The Balaban J connectivity index is 2.08. The molecular formula is C10H8FN3O4.